The second kappa shape index (κ2) is 9.98. The standard InChI is InChI=1S/C26H19Cl2F6NO/c27-22-7-6-16(12-23(22)28)20-8-9-35(14-21(20)15-4-2-1-3-5-15)24(36)17-10-18(25(29,30)31)13-19(11-17)26(32,33)34/h1-7,10-13,20-21H,8-9,14H2/t20-,21+/m1/s1. The van der Waals surface area contributed by atoms with Crippen LogP contribution in [0.15, 0.2) is 66.7 Å². The molecule has 4 rings (SSSR count). The van der Waals surface area contributed by atoms with E-state index in [1.807, 2.05) is 36.4 Å². The maximum Gasteiger partial charge on any atom is 0.416 e. The van der Waals surface area contributed by atoms with Crippen LogP contribution in [0.1, 0.15) is 50.9 Å². The smallest absolute Gasteiger partial charge is 0.338 e. The predicted octanol–water partition coefficient (Wildman–Crippen LogP) is 8.44. The fourth-order valence-corrected chi connectivity index (χ4v) is 4.88. The Kier molecular flexibility index (Phi) is 7.30. The van der Waals surface area contributed by atoms with Gasteiger partial charge in [-0.1, -0.05) is 59.6 Å². The van der Waals surface area contributed by atoms with Crippen LogP contribution in [0.5, 0.6) is 0 Å². The molecule has 2 nitrogen and oxygen atoms in total. The number of hydrogen-bond acceptors (Lipinski definition) is 1. The molecule has 36 heavy (non-hydrogen) atoms. The van der Waals surface area contributed by atoms with Crippen molar-refractivity contribution in [2.75, 3.05) is 13.1 Å². The molecule has 0 bridgehead atoms. The average molecular weight is 546 g/mol. The normalized spacial score (nSPS) is 18.8. The molecule has 1 fully saturated rings. The number of carbonyl (C=O) groups excluding carboxylic acids is 1. The van der Waals surface area contributed by atoms with Crippen molar-refractivity contribution in [2.24, 2.45) is 0 Å². The van der Waals surface area contributed by atoms with Gasteiger partial charge in [-0.05, 0) is 53.8 Å². The average Bonchev–Trinajstić information content (AvgIpc) is 2.84. The van der Waals surface area contributed by atoms with Gasteiger partial charge in [0.05, 0.1) is 21.2 Å². The van der Waals surface area contributed by atoms with Crippen LogP contribution in [0.2, 0.25) is 10.0 Å². The zero-order valence-electron chi connectivity index (χ0n) is 18.5. The number of carbonyl (C=O) groups is 1. The van der Waals surface area contributed by atoms with Crippen molar-refractivity contribution in [3.05, 3.63) is 105 Å². The highest BCUT2D eigenvalue weighted by Crippen LogP contribution is 2.42. The molecular formula is C26H19Cl2F6NO. The molecule has 1 aliphatic rings. The molecule has 3 aromatic carbocycles. The third-order valence-corrected chi connectivity index (χ3v) is 7.07. The summed E-state index contributed by atoms with van der Waals surface area (Å²) in [5.74, 6) is -1.26. The van der Waals surface area contributed by atoms with Gasteiger partial charge in [-0.3, -0.25) is 4.79 Å². The van der Waals surface area contributed by atoms with Gasteiger partial charge >= 0.3 is 12.4 Å². The van der Waals surface area contributed by atoms with Crippen LogP contribution in [-0.4, -0.2) is 23.9 Å². The molecule has 0 radical (unpaired) electrons. The van der Waals surface area contributed by atoms with Gasteiger partial charge < -0.3 is 4.90 Å². The van der Waals surface area contributed by atoms with E-state index in [1.54, 1.807) is 12.1 Å². The first-order chi connectivity index (χ1) is 16.8. The van der Waals surface area contributed by atoms with E-state index < -0.39 is 35.0 Å². The van der Waals surface area contributed by atoms with Gasteiger partial charge in [-0.25, -0.2) is 0 Å². The van der Waals surface area contributed by atoms with E-state index in [0.29, 0.717) is 28.6 Å². The number of halogens is 8. The molecule has 0 saturated carbocycles. The van der Waals surface area contributed by atoms with Crippen LogP contribution < -0.4 is 0 Å². The minimum absolute atomic E-state index is 0.0140. The predicted molar refractivity (Wildman–Crippen MR) is 125 cm³/mol. The third kappa shape index (κ3) is 5.65. The van der Waals surface area contributed by atoms with E-state index in [4.69, 9.17) is 23.2 Å². The number of nitrogens with zero attached hydrogens (tertiary/aromatic N) is 1. The minimum Gasteiger partial charge on any atom is -0.338 e. The van der Waals surface area contributed by atoms with Gasteiger partial charge in [0.1, 0.15) is 0 Å². The third-order valence-electron chi connectivity index (χ3n) is 6.33. The summed E-state index contributed by atoms with van der Waals surface area (Å²) in [5, 5.41) is 0.748. The highest BCUT2D eigenvalue weighted by atomic mass is 35.5. The molecule has 2 atom stereocenters. The maximum atomic E-state index is 13.3. The molecule has 1 heterocycles. The Labute approximate surface area is 213 Å². The van der Waals surface area contributed by atoms with E-state index in [-0.39, 0.29) is 31.0 Å². The van der Waals surface area contributed by atoms with Crippen molar-refractivity contribution in [3.63, 3.8) is 0 Å². The van der Waals surface area contributed by atoms with Crippen molar-refractivity contribution in [3.8, 4) is 0 Å². The largest absolute Gasteiger partial charge is 0.416 e. The summed E-state index contributed by atoms with van der Waals surface area (Å²) in [7, 11) is 0. The molecule has 0 unspecified atom stereocenters. The van der Waals surface area contributed by atoms with Crippen molar-refractivity contribution < 1.29 is 31.1 Å². The Morgan fingerprint density at radius 1 is 0.750 bits per heavy atom. The SMILES string of the molecule is O=C(c1cc(C(F)(F)F)cc(C(F)(F)F)c1)N1CC[C@H](c2ccc(Cl)c(Cl)c2)[C@H](c2ccccc2)C1. The summed E-state index contributed by atoms with van der Waals surface area (Å²) in [6, 6.07) is 15.4. The van der Waals surface area contributed by atoms with Gasteiger partial charge in [-0.15, -0.1) is 0 Å². The quantitative estimate of drug-likeness (QED) is 0.302. The number of amides is 1. The zero-order valence-corrected chi connectivity index (χ0v) is 20.0. The van der Waals surface area contributed by atoms with Gasteiger partial charge in [0.2, 0.25) is 0 Å². The summed E-state index contributed by atoms with van der Waals surface area (Å²) in [6.45, 7) is 0.246. The van der Waals surface area contributed by atoms with E-state index in [9.17, 15) is 31.1 Å². The molecule has 1 aliphatic heterocycles. The fraction of sp³-hybridized carbons (Fsp3) is 0.269. The Hall–Kier alpha value is -2.71. The van der Waals surface area contributed by atoms with Crippen LogP contribution in [-0.2, 0) is 12.4 Å². The second-order valence-corrected chi connectivity index (χ2v) is 9.45. The molecule has 0 spiro atoms. The number of piperidine rings is 1. The van der Waals surface area contributed by atoms with Gasteiger partial charge in [-0.2, -0.15) is 26.3 Å². The monoisotopic (exact) mass is 545 g/mol. The van der Waals surface area contributed by atoms with Crippen molar-refractivity contribution in [1.29, 1.82) is 0 Å². The molecule has 0 aliphatic carbocycles. The lowest BCUT2D eigenvalue weighted by atomic mass is 9.76. The van der Waals surface area contributed by atoms with Crippen molar-refractivity contribution in [2.45, 2.75) is 30.6 Å². The Bertz CT molecular complexity index is 1230. The van der Waals surface area contributed by atoms with Crippen LogP contribution >= 0.6 is 23.2 Å². The Balaban J connectivity index is 1.70. The summed E-state index contributed by atoms with van der Waals surface area (Å²) in [6.07, 6.45) is -9.65. The lowest BCUT2D eigenvalue weighted by molar-refractivity contribution is -0.143. The van der Waals surface area contributed by atoms with Crippen molar-refractivity contribution in [1.82, 2.24) is 4.90 Å². The molecular weight excluding hydrogens is 527 g/mol. The number of rotatable bonds is 3. The lowest BCUT2D eigenvalue weighted by Crippen LogP contribution is -2.42. The maximum absolute atomic E-state index is 13.3. The molecule has 1 saturated heterocycles. The van der Waals surface area contributed by atoms with Crippen LogP contribution in [0.4, 0.5) is 26.3 Å². The molecule has 0 N–H and O–H groups in total. The number of alkyl halides is 6. The summed E-state index contributed by atoms with van der Waals surface area (Å²) < 4.78 is 79.9. The topological polar surface area (TPSA) is 20.3 Å². The lowest BCUT2D eigenvalue weighted by Gasteiger charge is -2.39. The Morgan fingerprint density at radius 2 is 1.36 bits per heavy atom. The van der Waals surface area contributed by atoms with Gasteiger partial charge in [0.15, 0.2) is 0 Å². The van der Waals surface area contributed by atoms with Crippen LogP contribution in [0.25, 0.3) is 0 Å². The molecule has 3 aromatic rings. The first kappa shape index (κ1) is 26.4. The van der Waals surface area contributed by atoms with E-state index in [2.05, 4.69) is 0 Å². The first-order valence-corrected chi connectivity index (χ1v) is 11.7. The number of benzene rings is 3. The van der Waals surface area contributed by atoms with Crippen molar-refractivity contribution >= 4 is 29.1 Å². The number of hydrogen-bond donors (Lipinski definition) is 0. The molecule has 1 amide bonds. The Morgan fingerprint density at radius 3 is 1.92 bits per heavy atom. The number of likely N-dealkylation sites (tertiary alicyclic amines) is 1. The van der Waals surface area contributed by atoms with Gasteiger partial charge in [0, 0.05) is 24.6 Å². The van der Waals surface area contributed by atoms with Crippen LogP contribution in [0, 0.1) is 0 Å². The van der Waals surface area contributed by atoms with Crippen LogP contribution in [0.3, 0.4) is 0 Å². The van der Waals surface area contributed by atoms with Gasteiger partial charge in [0.25, 0.3) is 5.91 Å². The summed E-state index contributed by atoms with van der Waals surface area (Å²) >= 11 is 12.3. The first-order valence-electron chi connectivity index (χ1n) is 10.9. The summed E-state index contributed by atoms with van der Waals surface area (Å²) in [5.41, 5.74) is -1.94. The second-order valence-electron chi connectivity index (χ2n) is 8.63. The van der Waals surface area contributed by atoms with E-state index in [1.165, 1.54) is 4.90 Å². The highest BCUT2D eigenvalue weighted by molar-refractivity contribution is 6.42. The zero-order chi connectivity index (χ0) is 26.3. The fourth-order valence-electron chi connectivity index (χ4n) is 4.58. The summed E-state index contributed by atoms with van der Waals surface area (Å²) in [4.78, 5) is 14.5. The minimum atomic E-state index is -5.04. The van der Waals surface area contributed by atoms with E-state index >= 15 is 0 Å². The molecule has 190 valence electrons. The molecule has 0 aromatic heterocycles. The molecule has 10 heteroatoms. The van der Waals surface area contributed by atoms with E-state index in [0.717, 1.165) is 11.1 Å². The highest BCUT2D eigenvalue weighted by Gasteiger charge is 2.39.